The molecule has 0 unspecified atom stereocenters. The summed E-state index contributed by atoms with van der Waals surface area (Å²) in [5, 5.41) is 0. The molecule has 0 radical (unpaired) electrons. The third kappa shape index (κ3) is 2.73. The molecule has 1 fully saturated rings. The maximum Gasteiger partial charge on any atom is 0.245 e. The molecule has 2 heterocycles. The molecule has 21 heavy (non-hydrogen) atoms. The second-order valence-corrected chi connectivity index (χ2v) is 8.64. The third-order valence-electron chi connectivity index (χ3n) is 4.40. The minimum absolute atomic E-state index is 0.312. The van der Waals surface area contributed by atoms with Crippen molar-refractivity contribution in [1.82, 2.24) is 4.31 Å². The van der Waals surface area contributed by atoms with E-state index in [-0.39, 0.29) is 0 Å². The van der Waals surface area contributed by atoms with Crippen molar-refractivity contribution in [3.63, 3.8) is 0 Å². The first kappa shape index (κ1) is 15.3. The molecule has 6 heteroatoms. The molecule has 0 bridgehead atoms. The van der Waals surface area contributed by atoms with E-state index >= 15 is 0 Å². The summed E-state index contributed by atoms with van der Waals surface area (Å²) in [7, 11) is -3.38. The molecule has 0 saturated carbocycles. The molecule has 1 aromatic rings. The average molecular weight is 373 g/mol. The number of sulfonamides is 1. The van der Waals surface area contributed by atoms with Crippen LogP contribution in [-0.4, -0.2) is 38.4 Å². The lowest BCUT2D eigenvalue weighted by Gasteiger charge is -2.26. The van der Waals surface area contributed by atoms with Gasteiger partial charge >= 0.3 is 0 Å². The smallest absolute Gasteiger partial charge is 0.245 e. The van der Waals surface area contributed by atoms with Crippen LogP contribution in [0.2, 0.25) is 0 Å². The van der Waals surface area contributed by atoms with E-state index in [9.17, 15) is 8.42 Å². The van der Waals surface area contributed by atoms with E-state index in [0.717, 1.165) is 42.4 Å². The highest BCUT2D eigenvalue weighted by molar-refractivity contribution is 9.10. The number of nitrogens with zero attached hydrogens (tertiary/aromatic N) is 2. The lowest BCUT2D eigenvalue weighted by Crippen LogP contribution is -2.40. The Balaban J connectivity index is 2.10. The molecule has 3 rings (SSSR count). The Morgan fingerprint density at radius 1 is 1.38 bits per heavy atom. The van der Waals surface area contributed by atoms with E-state index in [1.807, 2.05) is 12.1 Å². The van der Waals surface area contributed by atoms with Crippen LogP contribution >= 0.6 is 15.9 Å². The van der Waals surface area contributed by atoms with Crippen molar-refractivity contribution in [2.24, 2.45) is 0 Å². The zero-order valence-electron chi connectivity index (χ0n) is 12.3. The molecule has 116 valence electrons. The Kier molecular flexibility index (Phi) is 4.30. The lowest BCUT2D eigenvalue weighted by atomic mass is 10.2. The number of fused-ring (bicyclic) bond motifs is 3. The third-order valence-corrected chi connectivity index (χ3v) is 6.81. The molecule has 0 N–H and O–H groups in total. The maximum absolute atomic E-state index is 13.0. The second kappa shape index (κ2) is 5.89. The Morgan fingerprint density at radius 3 is 2.95 bits per heavy atom. The molecule has 4 nitrogen and oxygen atoms in total. The Bertz CT molecular complexity index is 633. The molecular weight excluding hydrogens is 352 g/mol. The number of hydrogen-bond donors (Lipinski definition) is 0. The average Bonchev–Trinajstić information content (AvgIpc) is 2.87. The summed E-state index contributed by atoms with van der Waals surface area (Å²) in [6.45, 7) is 4.29. The molecule has 1 atom stereocenters. The van der Waals surface area contributed by atoms with Gasteiger partial charge in [-0.15, -0.1) is 0 Å². The zero-order valence-corrected chi connectivity index (χ0v) is 14.7. The van der Waals surface area contributed by atoms with Gasteiger partial charge in [0.05, 0.1) is 5.69 Å². The van der Waals surface area contributed by atoms with Crippen molar-refractivity contribution in [1.29, 1.82) is 0 Å². The molecule has 2 aliphatic heterocycles. The SMILES string of the molecule is CCCCN1C[C@H]2CCCN2c2cc(Br)ccc2S1(=O)=O. The summed E-state index contributed by atoms with van der Waals surface area (Å²) in [5.74, 6) is 0. The summed E-state index contributed by atoms with van der Waals surface area (Å²) in [6.07, 6.45) is 4.13. The van der Waals surface area contributed by atoms with Crippen molar-refractivity contribution in [2.45, 2.75) is 43.5 Å². The topological polar surface area (TPSA) is 40.6 Å². The van der Waals surface area contributed by atoms with Gasteiger partial charge in [-0.05, 0) is 37.5 Å². The molecule has 0 aliphatic carbocycles. The second-order valence-electron chi connectivity index (χ2n) is 5.82. The van der Waals surface area contributed by atoms with Gasteiger partial charge in [-0.1, -0.05) is 29.3 Å². The predicted molar refractivity (Wildman–Crippen MR) is 88.2 cm³/mol. The number of rotatable bonds is 3. The fourth-order valence-corrected chi connectivity index (χ4v) is 5.34. The molecule has 1 aromatic carbocycles. The fraction of sp³-hybridized carbons (Fsp3) is 0.600. The first-order chi connectivity index (χ1) is 10.0. The van der Waals surface area contributed by atoms with Gasteiger partial charge in [0.15, 0.2) is 0 Å². The van der Waals surface area contributed by atoms with Crippen LogP contribution in [0.3, 0.4) is 0 Å². The summed E-state index contributed by atoms with van der Waals surface area (Å²) >= 11 is 3.47. The minimum atomic E-state index is -3.38. The molecule has 1 saturated heterocycles. The number of unbranched alkanes of at least 4 members (excludes halogenated alkanes) is 1. The van der Waals surface area contributed by atoms with Crippen molar-refractivity contribution in [3.8, 4) is 0 Å². The van der Waals surface area contributed by atoms with Crippen LogP contribution in [-0.2, 0) is 10.0 Å². The summed E-state index contributed by atoms with van der Waals surface area (Å²) in [4.78, 5) is 2.75. The molecular formula is C15H21BrN2O2S. The lowest BCUT2D eigenvalue weighted by molar-refractivity contribution is 0.382. The van der Waals surface area contributed by atoms with Crippen LogP contribution in [0.25, 0.3) is 0 Å². The Morgan fingerprint density at radius 2 is 2.19 bits per heavy atom. The van der Waals surface area contributed by atoms with E-state index in [1.165, 1.54) is 0 Å². The number of halogens is 1. The molecule has 0 aromatic heterocycles. The van der Waals surface area contributed by atoms with Gasteiger partial charge in [-0.25, -0.2) is 8.42 Å². The van der Waals surface area contributed by atoms with E-state index in [0.29, 0.717) is 24.0 Å². The van der Waals surface area contributed by atoms with E-state index in [1.54, 1.807) is 10.4 Å². The Hall–Kier alpha value is -0.590. The number of anilines is 1. The van der Waals surface area contributed by atoms with E-state index in [4.69, 9.17) is 0 Å². The van der Waals surface area contributed by atoms with Crippen LogP contribution in [0.4, 0.5) is 5.69 Å². The van der Waals surface area contributed by atoms with Gasteiger partial charge < -0.3 is 4.90 Å². The van der Waals surface area contributed by atoms with Gasteiger partial charge in [-0.3, -0.25) is 0 Å². The summed E-state index contributed by atoms with van der Waals surface area (Å²) in [5.41, 5.74) is 0.867. The first-order valence-electron chi connectivity index (χ1n) is 7.60. The van der Waals surface area contributed by atoms with Crippen LogP contribution in [0.15, 0.2) is 27.6 Å². The van der Waals surface area contributed by atoms with Gasteiger partial charge in [0.25, 0.3) is 0 Å². The van der Waals surface area contributed by atoms with Crippen LogP contribution in [0.5, 0.6) is 0 Å². The van der Waals surface area contributed by atoms with Gasteiger partial charge in [0, 0.05) is 30.1 Å². The predicted octanol–water partition coefficient (Wildman–Crippen LogP) is 3.22. The van der Waals surface area contributed by atoms with Crippen molar-refractivity contribution >= 4 is 31.6 Å². The van der Waals surface area contributed by atoms with Gasteiger partial charge in [0.2, 0.25) is 10.0 Å². The van der Waals surface area contributed by atoms with Crippen molar-refractivity contribution < 1.29 is 8.42 Å². The van der Waals surface area contributed by atoms with Crippen LogP contribution < -0.4 is 4.90 Å². The minimum Gasteiger partial charge on any atom is -0.366 e. The standard InChI is InChI=1S/C15H21BrN2O2S/c1-2-3-8-17-11-13-5-4-9-18(13)14-10-12(16)6-7-15(14)21(17,19)20/h6-7,10,13H,2-5,8-9,11H2,1H3/t13-/m1/s1. The normalized spacial score (nSPS) is 24.5. The fourth-order valence-electron chi connectivity index (χ4n) is 3.29. The number of hydrogen-bond acceptors (Lipinski definition) is 3. The number of benzene rings is 1. The zero-order chi connectivity index (χ0) is 15.0. The highest BCUT2D eigenvalue weighted by Gasteiger charge is 2.38. The Labute approximate surface area is 135 Å². The first-order valence-corrected chi connectivity index (χ1v) is 9.83. The van der Waals surface area contributed by atoms with Crippen LogP contribution in [0.1, 0.15) is 32.6 Å². The molecule has 0 spiro atoms. The van der Waals surface area contributed by atoms with Crippen molar-refractivity contribution in [2.75, 3.05) is 24.5 Å². The van der Waals surface area contributed by atoms with E-state index < -0.39 is 10.0 Å². The van der Waals surface area contributed by atoms with E-state index in [2.05, 4.69) is 27.8 Å². The largest absolute Gasteiger partial charge is 0.366 e. The van der Waals surface area contributed by atoms with Crippen LogP contribution in [0, 0.1) is 0 Å². The highest BCUT2D eigenvalue weighted by atomic mass is 79.9. The molecule has 2 aliphatic rings. The molecule has 0 amide bonds. The van der Waals surface area contributed by atoms with Gasteiger partial charge in [0.1, 0.15) is 4.90 Å². The highest BCUT2D eigenvalue weighted by Crippen LogP contribution is 2.38. The maximum atomic E-state index is 13.0. The monoisotopic (exact) mass is 372 g/mol. The van der Waals surface area contributed by atoms with Crippen molar-refractivity contribution in [3.05, 3.63) is 22.7 Å². The summed E-state index contributed by atoms with van der Waals surface area (Å²) < 4.78 is 28.5. The quantitative estimate of drug-likeness (QED) is 0.817. The van der Waals surface area contributed by atoms with Gasteiger partial charge in [-0.2, -0.15) is 4.31 Å². The summed E-state index contributed by atoms with van der Waals surface area (Å²) in [6, 6.07) is 5.83.